The van der Waals surface area contributed by atoms with Gasteiger partial charge in [-0.1, -0.05) is 12.8 Å². The van der Waals surface area contributed by atoms with Crippen LogP contribution in [0.5, 0.6) is 11.5 Å². The molecule has 0 saturated heterocycles. The predicted molar refractivity (Wildman–Crippen MR) is 73.3 cm³/mol. The van der Waals surface area contributed by atoms with Crippen LogP contribution in [0.25, 0.3) is 0 Å². The molecule has 2 rings (SSSR count). The van der Waals surface area contributed by atoms with Gasteiger partial charge in [-0.05, 0) is 25.0 Å². The molecule has 0 bridgehead atoms. The molecule has 0 aromatic heterocycles. The minimum absolute atomic E-state index is 0.00908. The summed E-state index contributed by atoms with van der Waals surface area (Å²) in [7, 11) is 1.52. The fraction of sp³-hybridized carbons (Fsp3) is 0.500. The average Bonchev–Trinajstić information content (AvgIpc) is 2.78. The number of methoxy groups -OCH3 is 1. The van der Waals surface area contributed by atoms with E-state index < -0.39 is 0 Å². The highest BCUT2D eigenvalue weighted by Crippen LogP contribution is 2.32. The van der Waals surface area contributed by atoms with E-state index in [-0.39, 0.29) is 17.2 Å². The fourth-order valence-corrected chi connectivity index (χ4v) is 2.51. The lowest BCUT2D eigenvalue weighted by Gasteiger charge is -2.22. The van der Waals surface area contributed by atoms with Crippen molar-refractivity contribution in [2.24, 2.45) is 5.73 Å². The largest absolute Gasteiger partial charge is 0.506 e. The van der Waals surface area contributed by atoms with Gasteiger partial charge >= 0.3 is 0 Å². The molecule has 0 heterocycles. The molecule has 0 unspecified atom stereocenters. The molecule has 1 aliphatic rings. The molecule has 5 nitrogen and oxygen atoms in total. The number of ether oxygens (including phenoxy) is 1. The van der Waals surface area contributed by atoms with Gasteiger partial charge in [0.2, 0.25) is 5.91 Å². The van der Waals surface area contributed by atoms with Gasteiger partial charge in [-0.2, -0.15) is 0 Å². The second-order valence-corrected chi connectivity index (χ2v) is 5.18. The maximum absolute atomic E-state index is 11.9. The predicted octanol–water partition coefficient (Wildman–Crippen LogP) is 2.00. The van der Waals surface area contributed by atoms with Crippen molar-refractivity contribution in [3.05, 3.63) is 18.2 Å². The minimum Gasteiger partial charge on any atom is -0.506 e. The Morgan fingerprint density at radius 1 is 1.47 bits per heavy atom. The molecule has 4 N–H and O–H groups in total. The number of hydrogen-bond donors (Lipinski definition) is 3. The zero-order valence-corrected chi connectivity index (χ0v) is 11.1. The third-order valence-corrected chi connectivity index (χ3v) is 3.59. The van der Waals surface area contributed by atoms with Crippen molar-refractivity contribution >= 4 is 11.6 Å². The van der Waals surface area contributed by atoms with Crippen molar-refractivity contribution in [1.82, 2.24) is 0 Å². The number of aromatic hydroxyl groups is 1. The second-order valence-electron chi connectivity index (χ2n) is 5.18. The molecule has 1 saturated carbocycles. The van der Waals surface area contributed by atoms with E-state index in [1.54, 1.807) is 12.1 Å². The van der Waals surface area contributed by atoms with Crippen LogP contribution >= 0.6 is 0 Å². The Bertz CT molecular complexity index is 468. The Balaban J connectivity index is 1.98. The summed E-state index contributed by atoms with van der Waals surface area (Å²) in [5.74, 6) is 0.372. The quantitative estimate of drug-likeness (QED) is 0.726. The van der Waals surface area contributed by atoms with E-state index in [0.717, 1.165) is 25.7 Å². The van der Waals surface area contributed by atoms with E-state index in [1.807, 2.05) is 0 Å². The van der Waals surface area contributed by atoms with Crippen LogP contribution in [0, 0.1) is 0 Å². The Hall–Kier alpha value is -1.75. The zero-order chi connectivity index (χ0) is 13.9. The molecule has 1 amide bonds. The van der Waals surface area contributed by atoms with Crippen LogP contribution in [0.15, 0.2) is 18.2 Å². The lowest BCUT2D eigenvalue weighted by Crippen LogP contribution is -2.40. The number of carbonyl (C=O) groups is 1. The third-order valence-electron chi connectivity index (χ3n) is 3.59. The van der Waals surface area contributed by atoms with Crippen LogP contribution in [-0.2, 0) is 4.79 Å². The molecule has 0 atom stereocenters. The number of benzene rings is 1. The van der Waals surface area contributed by atoms with Crippen molar-refractivity contribution in [1.29, 1.82) is 0 Å². The Morgan fingerprint density at radius 2 is 2.16 bits per heavy atom. The summed E-state index contributed by atoms with van der Waals surface area (Å²) in [4.78, 5) is 11.9. The number of anilines is 1. The number of amides is 1. The normalized spacial score (nSPS) is 17.2. The summed E-state index contributed by atoms with van der Waals surface area (Å²) in [6.07, 6.45) is 4.22. The molecule has 0 spiro atoms. The average molecular weight is 264 g/mol. The molecule has 0 aliphatic heterocycles. The van der Waals surface area contributed by atoms with Gasteiger partial charge < -0.3 is 20.9 Å². The molecule has 1 aromatic carbocycles. The first kappa shape index (κ1) is 13.7. The summed E-state index contributed by atoms with van der Waals surface area (Å²) in [6.45, 7) is 0. The SMILES string of the molecule is COc1ccc(NC(=O)CC2(N)CCCC2)c(O)c1. The lowest BCUT2D eigenvalue weighted by molar-refractivity contribution is -0.117. The zero-order valence-electron chi connectivity index (χ0n) is 11.1. The molecular weight excluding hydrogens is 244 g/mol. The summed E-state index contributed by atoms with van der Waals surface area (Å²) in [5.41, 5.74) is 6.15. The number of nitrogens with one attached hydrogen (secondary N) is 1. The highest BCUT2D eigenvalue weighted by atomic mass is 16.5. The van der Waals surface area contributed by atoms with Gasteiger partial charge in [-0.15, -0.1) is 0 Å². The maximum atomic E-state index is 11.9. The van der Waals surface area contributed by atoms with E-state index in [9.17, 15) is 9.90 Å². The molecular formula is C14H20N2O3. The van der Waals surface area contributed by atoms with Crippen molar-refractivity contribution in [2.75, 3.05) is 12.4 Å². The number of rotatable bonds is 4. The van der Waals surface area contributed by atoms with Crippen LogP contribution in [0.1, 0.15) is 32.1 Å². The van der Waals surface area contributed by atoms with Crippen molar-refractivity contribution < 1.29 is 14.6 Å². The van der Waals surface area contributed by atoms with Crippen LogP contribution < -0.4 is 15.8 Å². The van der Waals surface area contributed by atoms with E-state index >= 15 is 0 Å². The smallest absolute Gasteiger partial charge is 0.226 e. The van der Waals surface area contributed by atoms with Crippen LogP contribution in [0.2, 0.25) is 0 Å². The molecule has 19 heavy (non-hydrogen) atoms. The fourth-order valence-electron chi connectivity index (χ4n) is 2.51. The van der Waals surface area contributed by atoms with E-state index in [4.69, 9.17) is 10.5 Å². The van der Waals surface area contributed by atoms with Gasteiger partial charge in [0.05, 0.1) is 12.8 Å². The van der Waals surface area contributed by atoms with Gasteiger partial charge in [0.1, 0.15) is 11.5 Å². The Morgan fingerprint density at radius 3 is 2.74 bits per heavy atom. The van der Waals surface area contributed by atoms with Crippen LogP contribution in [0.3, 0.4) is 0 Å². The summed E-state index contributed by atoms with van der Waals surface area (Å²) in [6, 6.07) is 4.76. The highest BCUT2D eigenvalue weighted by molar-refractivity contribution is 5.93. The summed E-state index contributed by atoms with van der Waals surface area (Å²) < 4.78 is 4.99. The van der Waals surface area contributed by atoms with Gasteiger partial charge in [0.25, 0.3) is 0 Å². The number of nitrogens with two attached hydrogens (primary N) is 1. The lowest BCUT2D eigenvalue weighted by atomic mass is 9.94. The second kappa shape index (κ2) is 5.48. The minimum atomic E-state index is -0.383. The molecule has 1 aliphatic carbocycles. The summed E-state index contributed by atoms with van der Waals surface area (Å²) >= 11 is 0. The van der Waals surface area contributed by atoms with Crippen LogP contribution in [0.4, 0.5) is 5.69 Å². The van der Waals surface area contributed by atoms with Gasteiger partial charge in [0, 0.05) is 18.0 Å². The molecule has 0 radical (unpaired) electrons. The highest BCUT2D eigenvalue weighted by Gasteiger charge is 2.31. The van der Waals surface area contributed by atoms with E-state index in [0.29, 0.717) is 17.9 Å². The van der Waals surface area contributed by atoms with Crippen molar-refractivity contribution in [3.8, 4) is 11.5 Å². The van der Waals surface area contributed by atoms with E-state index in [2.05, 4.69) is 5.32 Å². The Kier molecular flexibility index (Phi) is 3.95. The summed E-state index contributed by atoms with van der Waals surface area (Å²) in [5, 5.41) is 12.5. The van der Waals surface area contributed by atoms with Gasteiger partial charge in [-0.25, -0.2) is 0 Å². The standard InChI is InChI=1S/C14H20N2O3/c1-19-10-4-5-11(12(17)8-10)16-13(18)9-14(15)6-2-3-7-14/h4-5,8,17H,2-3,6-7,9,15H2,1H3,(H,16,18). The van der Waals surface area contributed by atoms with Crippen molar-refractivity contribution in [3.63, 3.8) is 0 Å². The van der Waals surface area contributed by atoms with Gasteiger partial charge in [-0.3, -0.25) is 4.79 Å². The van der Waals surface area contributed by atoms with E-state index in [1.165, 1.54) is 13.2 Å². The first-order chi connectivity index (χ1) is 9.02. The molecule has 5 heteroatoms. The number of phenolic OH excluding ortho intramolecular Hbond substituents is 1. The monoisotopic (exact) mass is 264 g/mol. The van der Waals surface area contributed by atoms with Crippen molar-refractivity contribution in [2.45, 2.75) is 37.6 Å². The first-order valence-corrected chi connectivity index (χ1v) is 6.48. The van der Waals surface area contributed by atoms with Gasteiger partial charge in [0.15, 0.2) is 0 Å². The Labute approximate surface area is 112 Å². The third kappa shape index (κ3) is 3.38. The topological polar surface area (TPSA) is 84.6 Å². The maximum Gasteiger partial charge on any atom is 0.226 e. The van der Waals surface area contributed by atoms with Crippen LogP contribution in [-0.4, -0.2) is 23.7 Å². The first-order valence-electron chi connectivity index (χ1n) is 6.48. The molecule has 1 aromatic rings. The number of hydrogen-bond acceptors (Lipinski definition) is 4. The molecule has 104 valence electrons. The number of phenols is 1. The number of carbonyl (C=O) groups excluding carboxylic acids is 1. The molecule has 1 fully saturated rings.